The van der Waals surface area contributed by atoms with Gasteiger partial charge in [0.2, 0.25) is 0 Å². The van der Waals surface area contributed by atoms with E-state index >= 15 is 0 Å². The normalized spacial score (nSPS) is 45.4. The van der Waals surface area contributed by atoms with Crippen molar-refractivity contribution in [3.05, 3.63) is 23.7 Å². The van der Waals surface area contributed by atoms with Gasteiger partial charge in [-0.1, -0.05) is 27.7 Å². The van der Waals surface area contributed by atoms with E-state index in [0.29, 0.717) is 25.7 Å². The summed E-state index contributed by atoms with van der Waals surface area (Å²) in [5.41, 5.74) is -1.35. The molecule has 4 rings (SSSR count). The van der Waals surface area contributed by atoms with Crippen LogP contribution in [-0.2, 0) is 16.0 Å². The Hall–Kier alpha value is -1.33. The second kappa shape index (κ2) is 5.84. The van der Waals surface area contributed by atoms with Gasteiger partial charge in [0.1, 0.15) is 17.5 Å². The van der Waals surface area contributed by atoms with E-state index < -0.39 is 28.6 Å². The zero-order valence-electron chi connectivity index (χ0n) is 17.0. The lowest BCUT2D eigenvalue weighted by molar-refractivity contribution is -0.315. The molecule has 27 heavy (non-hydrogen) atoms. The lowest BCUT2D eigenvalue weighted by Crippen LogP contribution is -2.76. The Morgan fingerprint density at radius 3 is 2.70 bits per heavy atom. The summed E-state index contributed by atoms with van der Waals surface area (Å²) in [5.74, 6) is 1.10. The molecule has 7 atom stereocenters. The number of carbonyl (C=O) groups excluding carboxylic acids is 1. The number of esters is 1. The van der Waals surface area contributed by atoms with Crippen LogP contribution < -0.4 is 0 Å². The van der Waals surface area contributed by atoms with E-state index in [0.717, 1.165) is 5.76 Å². The molecule has 0 spiro atoms. The van der Waals surface area contributed by atoms with E-state index in [2.05, 4.69) is 6.92 Å². The van der Waals surface area contributed by atoms with Crippen molar-refractivity contribution in [1.82, 2.24) is 0 Å². The Kier molecular flexibility index (Phi) is 4.11. The molecule has 7 unspecified atom stereocenters. The third-order valence-electron chi connectivity index (χ3n) is 8.45. The topological polar surface area (TPSA) is 79.9 Å². The van der Waals surface area contributed by atoms with Crippen molar-refractivity contribution in [1.29, 1.82) is 0 Å². The summed E-state index contributed by atoms with van der Waals surface area (Å²) in [6, 6.07) is 2.03. The Morgan fingerprint density at radius 1 is 1.33 bits per heavy atom. The van der Waals surface area contributed by atoms with E-state index in [1.54, 1.807) is 6.26 Å². The number of furan rings is 1. The minimum atomic E-state index is -1.30. The lowest BCUT2D eigenvalue weighted by Gasteiger charge is -2.68. The fourth-order valence-electron chi connectivity index (χ4n) is 6.91. The van der Waals surface area contributed by atoms with Crippen molar-refractivity contribution in [2.75, 3.05) is 0 Å². The number of aliphatic hydroxyl groups excluding tert-OH is 1. The molecule has 1 heterocycles. The van der Waals surface area contributed by atoms with Crippen LogP contribution in [0.3, 0.4) is 0 Å². The Bertz CT molecular complexity index is 752. The number of rotatable bonds is 1. The smallest absolute Gasteiger partial charge is 0.303 e. The Balaban J connectivity index is 1.89. The first-order valence-corrected chi connectivity index (χ1v) is 10.2. The second-order valence-electron chi connectivity index (χ2n) is 9.88. The molecule has 0 saturated heterocycles. The highest BCUT2D eigenvalue weighted by Crippen LogP contribution is 2.67. The number of aliphatic hydroxyl groups is 2. The summed E-state index contributed by atoms with van der Waals surface area (Å²) >= 11 is 0. The first kappa shape index (κ1) is 19.0. The zero-order valence-corrected chi connectivity index (χ0v) is 17.0. The summed E-state index contributed by atoms with van der Waals surface area (Å²) in [7, 11) is 0. The first-order valence-electron chi connectivity index (χ1n) is 10.2. The maximum Gasteiger partial charge on any atom is 0.303 e. The molecule has 0 amide bonds. The third-order valence-corrected chi connectivity index (χ3v) is 8.45. The van der Waals surface area contributed by atoms with Gasteiger partial charge in [-0.05, 0) is 54.1 Å². The molecular formula is C22H32O5. The molecule has 2 saturated carbocycles. The van der Waals surface area contributed by atoms with E-state index in [9.17, 15) is 15.0 Å². The van der Waals surface area contributed by atoms with Crippen molar-refractivity contribution in [3.8, 4) is 0 Å². The summed E-state index contributed by atoms with van der Waals surface area (Å²) in [5, 5.41) is 23.4. The summed E-state index contributed by atoms with van der Waals surface area (Å²) in [6.45, 7) is 9.67. The predicted octanol–water partition coefficient (Wildman–Crippen LogP) is 3.43. The molecule has 150 valence electrons. The van der Waals surface area contributed by atoms with Gasteiger partial charge < -0.3 is 19.4 Å². The van der Waals surface area contributed by atoms with Crippen molar-refractivity contribution in [2.24, 2.45) is 22.7 Å². The van der Waals surface area contributed by atoms with Crippen LogP contribution in [0.25, 0.3) is 0 Å². The molecule has 0 radical (unpaired) electrons. The van der Waals surface area contributed by atoms with Crippen molar-refractivity contribution in [2.45, 2.75) is 84.0 Å². The van der Waals surface area contributed by atoms with E-state index in [1.165, 1.54) is 12.5 Å². The molecule has 0 aromatic carbocycles. The zero-order chi connectivity index (χ0) is 19.8. The SMILES string of the molecule is CC(=O)OC1CC2C(C)c3ccoc3CC2C2(C)C(O)CCC(C)(C)C12O. The largest absolute Gasteiger partial charge is 0.469 e. The average molecular weight is 376 g/mol. The molecular weight excluding hydrogens is 344 g/mol. The van der Waals surface area contributed by atoms with Gasteiger partial charge in [0.05, 0.1) is 12.4 Å². The van der Waals surface area contributed by atoms with Gasteiger partial charge in [0, 0.05) is 18.8 Å². The summed E-state index contributed by atoms with van der Waals surface area (Å²) < 4.78 is 11.5. The fourth-order valence-corrected chi connectivity index (χ4v) is 6.91. The molecule has 1 aromatic rings. The maximum absolute atomic E-state index is 12.2. The maximum atomic E-state index is 12.2. The second-order valence-corrected chi connectivity index (χ2v) is 9.88. The van der Waals surface area contributed by atoms with Crippen LogP contribution in [0.15, 0.2) is 16.7 Å². The Labute approximate surface area is 161 Å². The standard InChI is InChI=1S/C22H32O5/c1-12-14-7-9-26-17(14)11-16-15(12)10-19(27-13(2)23)22(25)20(3,4)8-6-18(24)21(16,22)5/h7,9,12,15-16,18-19,24-25H,6,8,10-11H2,1-5H3. The summed E-state index contributed by atoms with van der Waals surface area (Å²) in [6.07, 6.45) is 3.11. The van der Waals surface area contributed by atoms with Crippen molar-refractivity contribution in [3.63, 3.8) is 0 Å². The third kappa shape index (κ3) is 2.27. The highest BCUT2D eigenvalue weighted by molar-refractivity contribution is 5.66. The average Bonchev–Trinajstić information content (AvgIpc) is 3.06. The molecule has 2 N–H and O–H groups in total. The number of hydrogen-bond donors (Lipinski definition) is 2. The van der Waals surface area contributed by atoms with Crippen LogP contribution in [0.5, 0.6) is 0 Å². The number of ether oxygens (including phenoxy) is 1. The van der Waals surface area contributed by atoms with Crippen LogP contribution >= 0.6 is 0 Å². The molecule has 3 aliphatic rings. The van der Waals surface area contributed by atoms with Crippen LogP contribution in [0.1, 0.15) is 71.1 Å². The minimum absolute atomic E-state index is 0.0672. The van der Waals surface area contributed by atoms with Gasteiger partial charge in [-0.3, -0.25) is 4.79 Å². The molecule has 3 aliphatic carbocycles. The van der Waals surface area contributed by atoms with Gasteiger partial charge in [-0.15, -0.1) is 0 Å². The van der Waals surface area contributed by atoms with Gasteiger partial charge in [-0.2, -0.15) is 0 Å². The van der Waals surface area contributed by atoms with E-state index in [4.69, 9.17) is 9.15 Å². The fraction of sp³-hybridized carbons (Fsp3) is 0.773. The van der Waals surface area contributed by atoms with Crippen LogP contribution in [0.2, 0.25) is 0 Å². The molecule has 1 aromatic heterocycles. The number of fused-ring (bicyclic) bond motifs is 4. The monoisotopic (exact) mass is 376 g/mol. The Morgan fingerprint density at radius 2 is 2.04 bits per heavy atom. The number of carbonyl (C=O) groups is 1. The van der Waals surface area contributed by atoms with E-state index in [-0.39, 0.29) is 23.7 Å². The van der Waals surface area contributed by atoms with Crippen molar-refractivity contribution >= 4 is 5.97 Å². The molecule has 0 bridgehead atoms. The van der Waals surface area contributed by atoms with Crippen LogP contribution in [0, 0.1) is 22.7 Å². The van der Waals surface area contributed by atoms with Crippen LogP contribution in [0.4, 0.5) is 0 Å². The molecule has 0 aliphatic heterocycles. The van der Waals surface area contributed by atoms with Crippen molar-refractivity contribution < 1.29 is 24.2 Å². The lowest BCUT2D eigenvalue weighted by atomic mass is 9.39. The molecule has 5 heteroatoms. The highest BCUT2D eigenvalue weighted by atomic mass is 16.6. The minimum Gasteiger partial charge on any atom is -0.469 e. The predicted molar refractivity (Wildman–Crippen MR) is 100 cm³/mol. The quantitative estimate of drug-likeness (QED) is 0.734. The molecule has 2 fully saturated rings. The van der Waals surface area contributed by atoms with Gasteiger partial charge in [0.15, 0.2) is 0 Å². The summed E-state index contributed by atoms with van der Waals surface area (Å²) in [4.78, 5) is 11.9. The van der Waals surface area contributed by atoms with Crippen LogP contribution in [-0.4, -0.2) is 34.0 Å². The first-order chi connectivity index (χ1) is 12.5. The van der Waals surface area contributed by atoms with Gasteiger partial charge in [0.25, 0.3) is 0 Å². The van der Waals surface area contributed by atoms with E-state index in [1.807, 2.05) is 26.8 Å². The van der Waals surface area contributed by atoms with Gasteiger partial charge >= 0.3 is 5.97 Å². The molecule has 5 nitrogen and oxygen atoms in total. The van der Waals surface area contributed by atoms with Gasteiger partial charge in [-0.25, -0.2) is 0 Å². The number of hydrogen-bond acceptors (Lipinski definition) is 5. The highest BCUT2D eigenvalue weighted by Gasteiger charge is 2.73.